The first-order chi connectivity index (χ1) is 20.7. The van der Waals surface area contributed by atoms with E-state index in [1.165, 1.54) is 11.3 Å². The van der Waals surface area contributed by atoms with Crippen LogP contribution in [-0.2, 0) is 11.2 Å². The Morgan fingerprint density at radius 1 is 1.21 bits per heavy atom. The van der Waals surface area contributed by atoms with Crippen molar-refractivity contribution in [3.05, 3.63) is 58.2 Å². The minimum atomic E-state index is -0.391. The molecule has 42 heavy (non-hydrogen) atoms. The molecular weight excluding hydrogens is 548 g/mol. The van der Waals surface area contributed by atoms with Crippen LogP contribution in [0.1, 0.15) is 30.0 Å². The molecule has 3 aromatic heterocycles. The number of amides is 1. The molecular formula is C31H36N8O2S. The first kappa shape index (κ1) is 26.9. The molecule has 2 saturated heterocycles. The third-order valence-electron chi connectivity index (χ3n) is 8.18. The number of hydrogen-bond donors (Lipinski definition) is 1. The van der Waals surface area contributed by atoms with Crippen molar-refractivity contribution in [1.82, 2.24) is 24.4 Å². The Labute approximate surface area is 251 Å². The number of aliphatic hydroxyl groups excluding tert-OH is 1. The second-order valence-electron chi connectivity index (χ2n) is 11.1. The molecule has 10 nitrogen and oxygen atoms in total. The molecule has 0 radical (unpaired) electrons. The Balaban J connectivity index is 1.30. The average molecular weight is 586 g/mol. The fourth-order valence-electron chi connectivity index (χ4n) is 5.70. The number of hydrogen-bond acceptors (Lipinski definition) is 9. The summed E-state index contributed by atoms with van der Waals surface area (Å²) in [6.07, 6.45) is 0.628. The zero-order chi connectivity index (χ0) is 30.4. The van der Waals surface area contributed by atoms with Gasteiger partial charge in [-0.15, -0.1) is 0 Å². The zero-order valence-electron chi connectivity index (χ0n) is 25.5. The summed E-state index contributed by atoms with van der Waals surface area (Å²) in [4.78, 5) is 26.1. The van der Waals surface area contributed by atoms with Crippen LogP contribution in [0.15, 0.2) is 36.5 Å². The lowest BCUT2D eigenvalue weighted by molar-refractivity contribution is -0.142. The average Bonchev–Trinajstić information content (AvgIpc) is 3.60. The number of carbonyl (C=O) groups excluding carboxylic acids is 1. The number of nitrogens with zero attached hydrogens (tertiary/aromatic N) is 8. The summed E-state index contributed by atoms with van der Waals surface area (Å²) in [5, 5.41) is 25.0. The Kier molecular flexibility index (Phi) is 7.27. The molecule has 0 aliphatic carbocycles. The number of anilines is 3. The van der Waals surface area contributed by atoms with Crippen molar-refractivity contribution in [3.8, 4) is 17.3 Å². The van der Waals surface area contributed by atoms with Gasteiger partial charge in [-0.2, -0.15) is 10.4 Å². The highest BCUT2D eigenvalue weighted by atomic mass is 32.1. The van der Waals surface area contributed by atoms with Crippen molar-refractivity contribution in [2.45, 2.75) is 33.3 Å². The maximum Gasteiger partial charge on any atom is 0.236 e. The molecule has 1 N–H and O–H groups in total. The number of fused-ring (bicyclic) bond motifs is 1. The lowest BCUT2D eigenvalue weighted by Crippen LogP contribution is -2.57. The highest BCUT2D eigenvalue weighted by molar-refractivity contribution is 7.16. The smallest absolute Gasteiger partial charge is 0.236 e. The van der Waals surface area contributed by atoms with E-state index < -0.39 is 6.10 Å². The van der Waals surface area contributed by atoms with Crippen LogP contribution in [0.4, 0.5) is 16.5 Å². The number of rotatable bonds is 7. The van der Waals surface area contributed by atoms with Gasteiger partial charge < -0.3 is 19.8 Å². The van der Waals surface area contributed by atoms with Crippen molar-refractivity contribution in [2.24, 2.45) is 0 Å². The minimum Gasteiger partial charge on any atom is -0.389 e. The standard InChI is InChI=1S/C31H36N8O2S/c1-5-24-30(35(4)31-33-29(27(15-32)42-31)22-8-6-20(2)7-9-22)26-14-25(21(3)16-39(26)34-24)37-12-10-36(11-13-37)19-28(41)38-17-23(40)18-38/h6-9,14,16,23,40H,5,10-13,17-19H2,1-4H3/i16D. The number of aromatic nitrogens is 3. The Morgan fingerprint density at radius 3 is 2.57 bits per heavy atom. The van der Waals surface area contributed by atoms with Crippen LogP contribution < -0.4 is 9.80 Å². The number of aliphatic hydroxyl groups is 1. The van der Waals surface area contributed by atoms with Crippen LogP contribution in [-0.4, -0.2) is 94.4 Å². The van der Waals surface area contributed by atoms with E-state index in [1.54, 1.807) is 9.42 Å². The second-order valence-corrected chi connectivity index (χ2v) is 12.1. The molecule has 2 aliphatic rings. The van der Waals surface area contributed by atoms with Gasteiger partial charge in [0.15, 0.2) is 5.13 Å². The van der Waals surface area contributed by atoms with Crippen LogP contribution in [0.5, 0.6) is 0 Å². The van der Waals surface area contributed by atoms with Crippen LogP contribution >= 0.6 is 11.3 Å². The summed E-state index contributed by atoms with van der Waals surface area (Å²) in [5.41, 5.74) is 7.13. The van der Waals surface area contributed by atoms with Gasteiger partial charge in [-0.05, 0) is 31.9 Å². The van der Waals surface area contributed by atoms with Gasteiger partial charge in [0.2, 0.25) is 5.91 Å². The summed E-state index contributed by atoms with van der Waals surface area (Å²) in [6, 6.07) is 12.5. The quantitative estimate of drug-likeness (QED) is 0.351. The van der Waals surface area contributed by atoms with E-state index in [-0.39, 0.29) is 5.91 Å². The predicted octanol–water partition coefficient (Wildman–Crippen LogP) is 3.60. The molecule has 5 heterocycles. The minimum absolute atomic E-state index is 0.0658. The van der Waals surface area contributed by atoms with E-state index >= 15 is 0 Å². The molecule has 0 unspecified atom stereocenters. The maximum absolute atomic E-state index is 12.5. The Morgan fingerprint density at radius 2 is 1.93 bits per heavy atom. The molecule has 0 spiro atoms. The van der Waals surface area contributed by atoms with Gasteiger partial charge in [0.25, 0.3) is 0 Å². The van der Waals surface area contributed by atoms with Crippen molar-refractivity contribution in [1.29, 1.82) is 5.26 Å². The van der Waals surface area contributed by atoms with E-state index in [2.05, 4.69) is 28.9 Å². The van der Waals surface area contributed by atoms with Crippen LogP contribution in [0.2, 0.25) is 0 Å². The van der Waals surface area contributed by atoms with Gasteiger partial charge in [0.1, 0.15) is 16.6 Å². The molecule has 2 fully saturated rings. The monoisotopic (exact) mass is 585 g/mol. The molecule has 2 aliphatic heterocycles. The van der Waals surface area contributed by atoms with Gasteiger partial charge in [-0.3, -0.25) is 9.69 Å². The molecule has 0 bridgehead atoms. The molecule has 1 amide bonds. The number of β-amino-alcohol motifs (C(OH)–C–C–N with tert-alkyl or cyclic N) is 1. The third kappa shape index (κ3) is 5.22. The number of pyridine rings is 1. The van der Waals surface area contributed by atoms with Crippen LogP contribution in [0, 0.1) is 25.2 Å². The first-order valence-electron chi connectivity index (χ1n) is 14.8. The number of aryl methyl sites for hydroxylation is 2. The second kappa shape index (κ2) is 11.4. The van der Waals surface area contributed by atoms with Gasteiger partial charge >= 0.3 is 0 Å². The van der Waals surface area contributed by atoms with Crippen molar-refractivity contribution in [2.75, 3.05) is 62.7 Å². The van der Waals surface area contributed by atoms with E-state index in [0.717, 1.165) is 65.5 Å². The fraction of sp³-hybridized carbons (Fsp3) is 0.419. The summed E-state index contributed by atoms with van der Waals surface area (Å²) in [5.74, 6) is 0.0658. The number of carbonyl (C=O) groups is 1. The topological polar surface area (TPSA) is 104 Å². The molecule has 6 rings (SSSR count). The number of nitriles is 1. The van der Waals surface area contributed by atoms with Crippen molar-refractivity contribution in [3.63, 3.8) is 0 Å². The van der Waals surface area contributed by atoms with Gasteiger partial charge in [-0.25, -0.2) is 9.50 Å². The molecule has 218 valence electrons. The van der Waals surface area contributed by atoms with Gasteiger partial charge in [-0.1, -0.05) is 48.1 Å². The molecule has 0 atom stereocenters. The number of piperazine rings is 1. The van der Waals surface area contributed by atoms with E-state index in [1.807, 2.05) is 50.1 Å². The zero-order valence-corrected chi connectivity index (χ0v) is 25.3. The van der Waals surface area contributed by atoms with Crippen LogP contribution in [0.3, 0.4) is 0 Å². The highest BCUT2D eigenvalue weighted by Crippen LogP contribution is 2.39. The Bertz CT molecular complexity index is 1710. The summed E-state index contributed by atoms with van der Waals surface area (Å²) in [7, 11) is 1.95. The first-order valence-corrected chi connectivity index (χ1v) is 15.2. The molecule has 4 aromatic rings. The van der Waals surface area contributed by atoms with E-state index in [4.69, 9.17) is 11.5 Å². The van der Waals surface area contributed by atoms with E-state index in [0.29, 0.717) is 47.9 Å². The normalized spacial score (nSPS) is 16.4. The highest BCUT2D eigenvalue weighted by Gasteiger charge is 2.31. The molecule has 1 aromatic carbocycles. The molecule has 0 saturated carbocycles. The van der Waals surface area contributed by atoms with E-state index in [9.17, 15) is 15.2 Å². The molecule has 11 heteroatoms. The lowest BCUT2D eigenvalue weighted by Gasteiger charge is -2.40. The SMILES string of the molecule is [2H]c1c(C)c(N2CCN(CC(=O)N3CC(O)C3)CC2)cc2c(N(C)c3nc(-c4ccc(C)cc4)c(C#N)s3)c(CC)nn12. The lowest BCUT2D eigenvalue weighted by atomic mass is 10.1. The van der Waals surface area contributed by atoms with Crippen LogP contribution in [0.25, 0.3) is 16.8 Å². The summed E-state index contributed by atoms with van der Waals surface area (Å²) >= 11 is 1.35. The number of likely N-dealkylation sites (tertiary alicyclic amines) is 1. The summed E-state index contributed by atoms with van der Waals surface area (Å²) < 4.78 is 10.7. The fourth-order valence-corrected chi connectivity index (χ4v) is 6.55. The maximum atomic E-state index is 12.5. The Hall–Kier alpha value is -3.98. The van der Waals surface area contributed by atoms with Crippen molar-refractivity contribution < 1.29 is 11.3 Å². The summed E-state index contributed by atoms with van der Waals surface area (Å²) in [6.45, 7) is 10.2. The van der Waals surface area contributed by atoms with Gasteiger partial charge in [0.05, 0.1) is 30.9 Å². The largest absolute Gasteiger partial charge is 0.389 e. The van der Waals surface area contributed by atoms with Crippen molar-refractivity contribution >= 4 is 39.3 Å². The van der Waals surface area contributed by atoms with Gasteiger partial charge in [0, 0.05) is 63.7 Å². The number of thiazole rings is 1. The number of benzene rings is 1. The third-order valence-corrected chi connectivity index (χ3v) is 9.22. The predicted molar refractivity (Wildman–Crippen MR) is 166 cm³/mol.